The third-order valence-corrected chi connectivity index (χ3v) is 2.57. The minimum absolute atomic E-state index is 0.235. The van der Waals surface area contributed by atoms with Gasteiger partial charge in [-0.15, -0.1) is 6.58 Å². The lowest BCUT2D eigenvalue weighted by atomic mass is 10.2. The Bertz CT molecular complexity index is 248. The number of carbonyl (C=O) groups excluding carboxylic acids is 1. The Morgan fingerprint density at radius 3 is 2.19 bits per heavy atom. The second kappa shape index (κ2) is 5.64. The molecule has 0 rings (SSSR count). The summed E-state index contributed by atoms with van der Waals surface area (Å²) in [5.74, 6) is -0.240. The first-order valence-electron chi connectivity index (χ1n) is 5.56. The molecule has 0 aromatic rings. The molecule has 16 heavy (non-hydrogen) atoms. The van der Waals surface area contributed by atoms with Gasteiger partial charge in [0, 0.05) is 0 Å². The molecule has 0 saturated heterocycles. The Hall–Kier alpha value is -0.613. The molecule has 0 radical (unpaired) electrons. The van der Waals surface area contributed by atoms with Crippen molar-refractivity contribution < 1.29 is 14.0 Å². The molecule has 0 amide bonds. The molecule has 94 valence electrons. The summed E-state index contributed by atoms with van der Waals surface area (Å²) in [6.45, 7) is 15.5. The van der Waals surface area contributed by atoms with Crippen LogP contribution in [-0.2, 0) is 14.0 Å². The van der Waals surface area contributed by atoms with Crippen LogP contribution in [0.15, 0.2) is 12.7 Å². The zero-order chi connectivity index (χ0) is 13.0. The molecule has 0 bridgehead atoms. The van der Waals surface area contributed by atoms with Crippen molar-refractivity contribution in [1.29, 1.82) is 0 Å². The van der Waals surface area contributed by atoms with E-state index in [-0.39, 0.29) is 18.5 Å². The van der Waals surface area contributed by atoms with Crippen molar-refractivity contribution in [3.05, 3.63) is 12.7 Å². The number of carbonyl (C=O) groups is 1. The van der Waals surface area contributed by atoms with E-state index >= 15 is 0 Å². The van der Waals surface area contributed by atoms with Gasteiger partial charge >= 0.3 is 5.97 Å². The fourth-order valence-electron chi connectivity index (χ4n) is 1.17. The molecule has 0 aliphatic rings. The Kier molecular flexibility index (Phi) is 5.42. The Morgan fingerprint density at radius 1 is 1.38 bits per heavy atom. The summed E-state index contributed by atoms with van der Waals surface area (Å²) in [6.07, 6.45) is 1.68. The number of hydrogen-bond donors (Lipinski definition) is 0. The normalized spacial score (nSPS) is 14.4. The number of hydrogen-bond acceptors (Lipinski definition) is 3. The zero-order valence-electron chi connectivity index (χ0n) is 11.3. The predicted octanol–water partition coefficient (Wildman–Crippen LogP) is 3.12. The van der Waals surface area contributed by atoms with Crippen LogP contribution >= 0.6 is 0 Å². The average Bonchev–Trinajstić information content (AvgIpc) is 1.96. The van der Waals surface area contributed by atoms with Crippen LogP contribution in [0.5, 0.6) is 0 Å². The van der Waals surface area contributed by atoms with Gasteiger partial charge in [0.05, 0.1) is 12.5 Å². The van der Waals surface area contributed by atoms with Gasteiger partial charge in [0.25, 0.3) is 0 Å². The van der Waals surface area contributed by atoms with Crippen LogP contribution in [0.1, 0.15) is 27.2 Å². The lowest BCUT2D eigenvalue weighted by molar-refractivity contribution is -0.156. The summed E-state index contributed by atoms with van der Waals surface area (Å²) in [6, 6.07) is 0. The van der Waals surface area contributed by atoms with Gasteiger partial charge in [0.1, 0.15) is 5.60 Å². The maximum atomic E-state index is 11.6. The molecule has 0 aliphatic carbocycles. The van der Waals surface area contributed by atoms with Crippen LogP contribution < -0.4 is 0 Å². The van der Waals surface area contributed by atoms with Gasteiger partial charge in [-0.05, 0) is 40.4 Å². The van der Waals surface area contributed by atoms with E-state index in [1.54, 1.807) is 6.08 Å². The van der Waals surface area contributed by atoms with Crippen molar-refractivity contribution in [1.82, 2.24) is 0 Å². The monoisotopic (exact) mass is 244 g/mol. The second-order valence-electron chi connectivity index (χ2n) is 5.79. The van der Waals surface area contributed by atoms with Gasteiger partial charge < -0.3 is 9.16 Å². The lowest BCUT2D eigenvalue weighted by Gasteiger charge is -2.25. The quantitative estimate of drug-likeness (QED) is 0.423. The second-order valence-corrected chi connectivity index (χ2v) is 10.3. The Balaban J connectivity index is 4.24. The smallest absolute Gasteiger partial charge is 0.309 e. The summed E-state index contributed by atoms with van der Waals surface area (Å²) in [5.41, 5.74) is -0.442. The van der Waals surface area contributed by atoms with E-state index in [0.717, 1.165) is 0 Å². The van der Waals surface area contributed by atoms with Crippen molar-refractivity contribution in [2.24, 2.45) is 0 Å². The molecule has 0 N–H and O–H groups in total. The van der Waals surface area contributed by atoms with Crippen LogP contribution in [0.4, 0.5) is 0 Å². The molecule has 1 unspecified atom stereocenters. The van der Waals surface area contributed by atoms with E-state index in [2.05, 4.69) is 26.2 Å². The minimum atomic E-state index is -1.65. The number of ether oxygens (including phenoxy) is 1. The highest BCUT2D eigenvalue weighted by atomic mass is 28.4. The first kappa shape index (κ1) is 15.4. The van der Waals surface area contributed by atoms with Gasteiger partial charge in [-0.3, -0.25) is 4.79 Å². The lowest BCUT2D eigenvalue weighted by Crippen LogP contribution is -2.34. The van der Waals surface area contributed by atoms with Crippen LogP contribution in [0, 0.1) is 0 Å². The molecule has 0 fully saturated rings. The fraction of sp³-hybridized carbons (Fsp3) is 0.750. The van der Waals surface area contributed by atoms with Crippen LogP contribution in [-0.4, -0.2) is 26.0 Å². The zero-order valence-corrected chi connectivity index (χ0v) is 12.3. The molecular weight excluding hydrogens is 220 g/mol. The molecule has 0 saturated carbocycles. The third kappa shape index (κ3) is 8.68. The van der Waals surface area contributed by atoms with Gasteiger partial charge in [-0.25, -0.2) is 0 Å². The SMILES string of the molecule is C=CC(CC(=O)OC(C)(C)C)O[Si](C)(C)C. The van der Waals surface area contributed by atoms with Crippen LogP contribution in [0.2, 0.25) is 19.6 Å². The highest BCUT2D eigenvalue weighted by Gasteiger charge is 2.23. The molecule has 4 heteroatoms. The van der Waals surface area contributed by atoms with E-state index in [9.17, 15) is 4.79 Å². The van der Waals surface area contributed by atoms with E-state index < -0.39 is 13.9 Å². The first-order valence-corrected chi connectivity index (χ1v) is 8.96. The van der Waals surface area contributed by atoms with Crippen molar-refractivity contribution in [2.75, 3.05) is 0 Å². The molecule has 1 atom stereocenters. The van der Waals surface area contributed by atoms with Crippen LogP contribution in [0.25, 0.3) is 0 Å². The van der Waals surface area contributed by atoms with Gasteiger partial charge in [-0.2, -0.15) is 0 Å². The third-order valence-electron chi connectivity index (χ3n) is 1.56. The average molecular weight is 244 g/mol. The van der Waals surface area contributed by atoms with Crippen molar-refractivity contribution in [3.8, 4) is 0 Å². The molecule has 0 aromatic carbocycles. The first-order chi connectivity index (χ1) is 7.03. The van der Waals surface area contributed by atoms with E-state index in [1.165, 1.54) is 0 Å². The largest absolute Gasteiger partial charge is 0.460 e. The molecule has 0 aromatic heterocycles. The molecule has 0 heterocycles. The van der Waals surface area contributed by atoms with E-state index in [1.807, 2.05) is 20.8 Å². The highest BCUT2D eigenvalue weighted by molar-refractivity contribution is 6.69. The maximum Gasteiger partial charge on any atom is 0.309 e. The highest BCUT2D eigenvalue weighted by Crippen LogP contribution is 2.14. The minimum Gasteiger partial charge on any atom is -0.460 e. The van der Waals surface area contributed by atoms with Gasteiger partial charge in [0.15, 0.2) is 8.32 Å². The maximum absolute atomic E-state index is 11.6. The summed E-state index contributed by atoms with van der Waals surface area (Å²) in [7, 11) is -1.65. The standard InChI is InChI=1S/C12H24O3Si/c1-8-10(15-16(5,6)7)9-11(13)14-12(2,3)4/h8,10H,1,9H2,2-7H3. The number of rotatable bonds is 5. The van der Waals surface area contributed by atoms with Gasteiger partial charge in [0.2, 0.25) is 0 Å². The van der Waals surface area contributed by atoms with Crippen LogP contribution in [0.3, 0.4) is 0 Å². The van der Waals surface area contributed by atoms with Crippen molar-refractivity contribution >= 4 is 14.3 Å². The van der Waals surface area contributed by atoms with Crippen molar-refractivity contribution in [2.45, 2.75) is 58.5 Å². The van der Waals surface area contributed by atoms with E-state index in [0.29, 0.717) is 0 Å². The summed E-state index contributed by atoms with van der Waals surface area (Å²) in [5, 5.41) is 0. The Labute approximate surface area is 100.0 Å². The topological polar surface area (TPSA) is 35.5 Å². The molecule has 3 nitrogen and oxygen atoms in total. The number of esters is 1. The summed E-state index contributed by atoms with van der Waals surface area (Å²) >= 11 is 0. The Morgan fingerprint density at radius 2 is 1.88 bits per heavy atom. The molecule has 0 spiro atoms. The van der Waals surface area contributed by atoms with Gasteiger partial charge in [-0.1, -0.05) is 6.08 Å². The predicted molar refractivity (Wildman–Crippen MR) is 68.9 cm³/mol. The van der Waals surface area contributed by atoms with E-state index in [4.69, 9.17) is 9.16 Å². The summed E-state index contributed by atoms with van der Waals surface area (Å²) in [4.78, 5) is 11.6. The summed E-state index contributed by atoms with van der Waals surface area (Å²) < 4.78 is 11.0. The molecular formula is C12H24O3Si. The fourth-order valence-corrected chi connectivity index (χ4v) is 2.26. The molecule has 0 aliphatic heterocycles. The van der Waals surface area contributed by atoms with Crippen molar-refractivity contribution in [3.63, 3.8) is 0 Å².